The summed E-state index contributed by atoms with van der Waals surface area (Å²) in [5.74, 6) is 0. The van der Waals surface area contributed by atoms with E-state index in [2.05, 4.69) is 38.4 Å². The molecule has 3 rings (SSSR count). The summed E-state index contributed by atoms with van der Waals surface area (Å²) in [6.45, 7) is 4.24. The van der Waals surface area contributed by atoms with E-state index >= 15 is 0 Å². The predicted molar refractivity (Wildman–Crippen MR) is 71.3 cm³/mol. The molecule has 0 spiro atoms. The van der Waals surface area contributed by atoms with Gasteiger partial charge in [0, 0.05) is 50.5 Å². The minimum Gasteiger partial charge on any atom is -0.363 e. The third kappa shape index (κ3) is 2.30. The zero-order valence-corrected chi connectivity index (χ0v) is 10.3. The smallest absolute Gasteiger partial charge is 0.0769 e. The lowest BCUT2D eigenvalue weighted by atomic mass is 10.0. The monoisotopic (exact) mass is 242 g/mol. The average molecular weight is 242 g/mol. The quantitative estimate of drug-likeness (QED) is 0.855. The van der Waals surface area contributed by atoms with Gasteiger partial charge < -0.3 is 10.3 Å². The highest BCUT2D eigenvalue weighted by Gasteiger charge is 2.24. The van der Waals surface area contributed by atoms with Gasteiger partial charge in [-0.1, -0.05) is 6.07 Å². The Bertz CT molecular complexity index is 460. The topological polar surface area (TPSA) is 44.0 Å². The van der Waals surface area contributed by atoms with E-state index in [1.54, 1.807) is 0 Å². The lowest BCUT2D eigenvalue weighted by molar-refractivity contribution is 0.195. The first-order valence-electron chi connectivity index (χ1n) is 6.43. The van der Waals surface area contributed by atoms with Crippen molar-refractivity contribution in [2.75, 3.05) is 26.2 Å². The number of hydrogen-bond acceptors (Lipinski definition) is 3. The van der Waals surface area contributed by atoms with Crippen LogP contribution in [-0.2, 0) is 0 Å². The zero-order valence-electron chi connectivity index (χ0n) is 10.3. The molecule has 0 saturated carbocycles. The van der Waals surface area contributed by atoms with Crippen molar-refractivity contribution in [3.8, 4) is 0 Å². The molecule has 1 aliphatic heterocycles. The van der Waals surface area contributed by atoms with Crippen LogP contribution < -0.4 is 5.32 Å². The summed E-state index contributed by atoms with van der Waals surface area (Å²) in [5, 5.41) is 3.40. The summed E-state index contributed by atoms with van der Waals surface area (Å²) in [6.07, 6.45) is 5.78. The van der Waals surface area contributed by atoms with E-state index < -0.39 is 0 Å². The Morgan fingerprint density at radius 1 is 1.17 bits per heavy atom. The summed E-state index contributed by atoms with van der Waals surface area (Å²) in [4.78, 5) is 10.1. The number of rotatable bonds is 3. The van der Waals surface area contributed by atoms with Gasteiger partial charge in [0.25, 0.3) is 0 Å². The highest BCUT2D eigenvalue weighted by molar-refractivity contribution is 5.25. The first-order chi connectivity index (χ1) is 8.95. The van der Waals surface area contributed by atoms with Crippen molar-refractivity contribution in [3.05, 3.63) is 54.1 Å². The van der Waals surface area contributed by atoms with Crippen LogP contribution in [0.1, 0.15) is 17.3 Å². The lowest BCUT2D eigenvalue weighted by Gasteiger charge is -2.34. The zero-order chi connectivity index (χ0) is 12.2. The molecule has 0 bridgehead atoms. The van der Waals surface area contributed by atoms with Gasteiger partial charge in [-0.15, -0.1) is 0 Å². The Morgan fingerprint density at radius 2 is 2.06 bits per heavy atom. The van der Waals surface area contributed by atoms with Gasteiger partial charge in [0.2, 0.25) is 0 Å². The Labute approximate surface area is 107 Å². The van der Waals surface area contributed by atoms with Crippen molar-refractivity contribution in [1.29, 1.82) is 0 Å². The van der Waals surface area contributed by atoms with Crippen LogP contribution in [0.25, 0.3) is 0 Å². The van der Waals surface area contributed by atoms with E-state index in [0.29, 0.717) is 0 Å². The fraction of sp³-hybridized carbons (Fsp3) is 0.357. The maximum absolute atomic E-state index is 4.25. The highest BCUT2D eigenvalue weighted by Crippen LogP contribution is 2.26. The fourth-order valence-corrected chi connectivity index (χ4v) is 2.58. The maximum Gasteiger partial charge on any atom is 0.0769 e. The molecular formula is C14H18N4. The van der Waals surface area contributed by atoms with Gasteiger partial charge >= 0.3 is 0 Å². The summed E-state index contributed by atoms with van der Waals surface area (Å²) in [5.41, 5.74) is 2.49. The number of piperazine rings is 1. The van der Waals surface area contributed by atoms with Gasteiger partial charge in [0.1, 0.15) is 0 Å². The number of nitrogens with one attached hydrogen (secondary N) is 2. The molecule has 3 heterocycles. The van der Waals surface area contributed by atoms with Crippen LogP contribution in [0.15, 0.2) is 42.9 Å². The third-order valence-electron chi connectivity index (χ3n) is 3.43. The number of aromatic nitrogens is 2. The second kappa shape index (κ2) is 5.33. The fourth-order valence-electron chi connectivity index (χ4n) is 2.58. The summed E-state index contributed by atoms with van der Waals surface area (Å²) < 4.78 is 0. The van der Waals surface area contributed by atoms with Gasteiger partial charge in [-0.3, -0.25) is 9.88 Å². The summed E-state index contributed by atoms with van der Waals surface area (Å²) >= 11 is 0. The van der Waals surface area contributed by atoms with E-state index in [0.717, 1.165) is 26.2 Å². The van der Waals surface area contributed by atoms with Crippen LogP contribution in [-0.4, -0.2) is 41.0 Å². The lowest BCUT2D eigenvalue weighted by Crippen LogP contribution is -2.45. The highest BCUT2D eigenvalue weighted by atomic mass is 15.2. The molecule has 1 atom stereocenters. The third-order valence-corrected chi connectivity index (χ3v) is 3.43. The maximum atomic E-state index is 4.25. The van der Waals surface area contributed by atoms with Crippen LogP contribution in [0.3, 0.4) is 0 Å². The van der Waals surface area contributed by atoms with Gasteiger partial charge in [-0.05, 0) is 23.8 Å². The molecule has 18 heavy (non-hydrogen) atoms. The molecule has 2 aromatic heterocycles. The van der Waals surface area contributed by atoms with Gasteiger partial charge in [-0.2, -0.15) is 0 Å². The van der Waals surface area contributed by atoms with Crippen LogP contribution in [0.2, 0.25) is 0 Å². The molecular weight excluding hydrogens is 224 g/mol. The van der Waals surface area contributed by atoms with Gasteiger partial charge in [0.15, 0.2) is 0 Å². The Hall–Kier alpha value is -1.65. The second-order valence-corrected chi connectivity index (χ2v) is 4.60. The van der Waals surface area contributed by atoms with E-state index in [4.69, 9.17) is 0 Å². The van der Waals surface area contributed by atoms with Gasteiger partial charge in [-0.25, -0.2) is 0 Å². The van der Waals surface area contributed by atoms with E-state index in [1.807, 2.05) is 24.7 Å². The average Bonchev–Trinajstić information content (AvgIpc) is 2.95. The van der Waals surface area contributed by atoms with Crippen molar-refractivity contribution in [3.63, 3.8) is 0 Å². The second-order valence-electron chi connectivity index (χ2n) is 4.60. The van der Waals surface area contributed by atoms with Crippen molar-refractivity contribution < 1.29 is 0 Å². The molecule has 0 amide bonds. The molecule has 2 aromatic rings. The standard InChI is InChI=1S/C14H18N4/c1-3-12(11-16-5-1)14(13-4-2-6-17-13)18-9-7-15-8-10-18/h1-6,11,14-15,17H,7-10H2. The Morgan fingerprint density at radius 3 is 2.72 bits per heavy atom. The molecule has 1 aliphatic rings. The molecule has 1 unspecified atom stereocenters. The number of pyridine rings is 1. The number of nitrogens with zero attached hydrogens (tertiary/aromatic N) is 2. The van der Waals surface area contributed by atoms with Crippen molar-refractivity contribution >= 4 is 0 Å². The van der Waals surface area contributed by atoms with E-state index in [9.17, 15) is 0 Å². The Balaban J connectivity index is 1.93. The van der Waals surface area contributed by atoms with E-state index in [1.165, 1.54) is 11.3 Å². The van der Waals surface area contributed by atoms with Crippen LogP contribution in [0.4, 0.5) is 0 Å². The van der Waals surface area contributed by atoms with Crippen molar-refractivity contribution in [1.82, 2.24) is 20.2 Å². The molecule has 2 N–H and O–H groups in total. The van der Waals surface area contributed by atoms with Crippen LogP contribution in [0, 0.1) is 0 Å². The molecule has 1 fully saturated rings. The first kappa shape index (κ1) is 11.4. The first-order valence-corrected chi connectivity index (χ1v) is 6.43. The number of aromatic amines is 1. The number of H-pyrrole nitrogens is 1. The molecule has 4 heteroatoms. The summed E-state index contributed by atoms with van der Waals surface area (Å²) in [6, 6.07) is 8.66. The van der Waals surface area contributed by atoms with E-state index in [-0.39, 0.29) is 6.04 Å². The van der Waals surface area contributed by atoms with Gasteiger partial charge in [0.05, 0.1) is 6.04 Å². The predicted octanol–water partition coefficient (Wildman–Crippen LogP) is 1.40. The molecule has 4 nitrogen and oxygen atoms in total. The molecule has 0 aliphatic carbocycles. The minimum atomic E-state index is 0.288. The van der Waals surface area contributed by atoms with Crippen LogP contribution in [0.5, 0.6) is 0 Å². The van der Waals surface area contributed by atoms with Crippen molar-refractivity contribution in [2.45, 2.75) is 6.04 Å². The molecule has 0 radical (unpaired) electrons. The molecule has 94 valence electrons. The molecule has 0 aromatic carbocycles. The normalized spacial score (nSPS) is 18.7. The summed E-state index contributed by atoms with van der Waals surface area (Å²) in [7, 11) is 0. The molecule has 1 saturated heterocycles. The van der Waals surface area contributed by atoms with Crippen molar-refractivity contribution in [2.24, 2.45) is 0 Å². The Kier molecular flexibility index (Phi) is 3.39. The minimum absolute atomic E-state index is 0.288. The largest absolute Gasteiger partial charge is 0.363 e. The number of hydrogen-bond donors (Lipinski definition) is 2. The SMILES string of the molecule is c1cncc(C(c2ccc[nH]2)N2CCNCC2)c1. The van der Waals surface area contributed by atoms with Crippen LogP contribution >= 0.6 is 0 Å².